The Balaban J connectivity index is 1.77. The second-order valence-electron chi connectivity index (χ2n) is 4.76. The second kappa shape index (κ2) is 5.03. The lowest BCUT2D eigenvalue weighted by Gasteiger charge is -2.00. The predicted octanol–water partition coefficient (Wildman–Crippen LogP) is 3.54. The topological polar surface area (TPSA) is 57.8 Å². The molecule has 0 spiro atoms. The van der Waals surface area contributed by atoms with E-state index in [9.17, 15) is 4.79 Å². The van der Waals surface area contributed by atoms with E-state index < -0.39 is 0 Å². The van der Waals surface area contributed by atoms with Crippen LogP contribution in [-0.4, -0.2) is 15.9 Å². The van der Waals surface area contributed by atoms with Crippen molar-refractivity contribution >= 4 is 38.7 Å². The molecule has 20 heavy (non-hydrogen) atoms. The minimum absolute atomic E-state index is 0.0379. The maximum Gasteiger partial charge on any atom is 0.261 e. The van der Waals surface area contributed by atoms with E-state index in [4.69, 9.17) is 0 Å². The molecule has 6 heteroatoms. The maximum atomic E-state index is 12.2. The number of aryl methyl sites for hydroxylation is 3. The predicted molar refractivity (Wildman–Crippen MR) is 83.7 cm³/mol. The molecule has 0 radical (unpaired) electrons. The quantitative estimate of drug-likeness (QED) is 0.777. The number of thiophene rings is 2. The number of carbonyl (C=O) groups is 1. The smallest absolute Gasteiger partial charge is 0.261 e. The lowest BCUT2D eigenvalue weighted by molar-refractivity contribution is 0.0954. The van der Waals surface area contributed by atoms with Gasteiger partial charge in [0.2, 0.25) is 0 Å². The Kier molecular flexibility index (Phi) is 3.35. The number of hydrogen-bond donors (Lipinski definition) is 2. The van der Waals surface area contributed by atoms with Crippen LogP contribution < -0.4 is 5.32 Å². The van der Waals surface area contributed by atoms with Crippen molar-refractivity contribution in [1.29, 1.82) is 0 Å². The number of aromatic nitrogens is 2. The van der Waals surface area contributed by atoms with Crippen LogP contribution in [0.4, 0.5) is 0 Å². The van der Waals surface area contributed by atoms with Crippen LogP contribution in [0.15, 0.2) is 12.3 Å². The van der Waals surface area contributed by atoms with Crippen LogP contribution in [-0.2, 0) is 6.54 Å². The van der Waals surface area contributed by atoms with Crippen LogP contribution >= 0.6 is 22.7 Å². The highest BCUT2D eigenvalue weighted by molar-refractivity contribution is 7.25. The number of fused-ring (bicyclic) bond motifs is 1. The van der Waals surface area contributed by atoms with Gasteiger partial charge in [0.1, 0.15) is 5.82 Å². The molecule has 1 amide bonds. The fraction of sp³-hybridized carbons (Fsp3) is 0.286. The molecule has 0 saturated heterocycles. The van der Waals surface area contributed by atoms with Crippen molar-refractivity contribution in [3.63, 3.8) is 0 Å². The minimum atomic E-state index is -0.0379. The molecule has 0 saturated carbocycles. The number of rotatable bonds is 3. The molecule has 104 valence electrons. The number of amides is 1. The van der Waals surface area contributed by atoms with Gasteiger partial charge in [0.15, 0.2) is 0 Å². The number of hydrogen-bond acceptors (Lipinski definition) is 4. The molecule has 0 aliphatic rings. The summed E-state index contributed by atoms with van der Waals surface area (Å²) in [7, 11) is 0. The maximum absolute atomic E-state index is 12.2. The Bertz CT molecular complexity index is 747. The highest BCUT2D eigenvalue weighted by Crippen LogP contribution is 2.36. The summed E-state index contributed by atoms with van der Waals surface area (Å²) in [6.45, 7) is 6.57. The molecular weight excluding hydrogens is 290 g/mol. The first-order chi connectivity index (χ1) is 9.54. The Morgan fingerprint density at radius 3 is 2.75 bits per heavy atom. The van der Waals surface area contributed by atoms with E-state index in [1.165, 1.54) is 19.8 Å². The van der Waals surface area contributed by atoms with Gasteiger partial charge in [0.25, 0.3) is 5.91 Å². The van der Waals surface area contributed by atoms with E-state index in [1.54, 1.807) is 28.9 Å². The van der Waals surface area contributed by atoms with Crippen LogP contribution in [0.1, 0.15) is 30.9 Å². The standard InChI is InChI=1S/C14H15N3OS2/c1-7-5-15-12(17-7)6-16-14(18)11-4-10-8(2)19-9(3)13(10)20-11/h4-5H,6H2,1-3H3,(H,15,17)(H,16,18). The molecule has 2 N–H and O–H groups in total. The second-order valence-corrected chi connectivity index (χ2v) is 7.24. The van der Waals surface area contributed by atoms with Crippen LogP contribution in [0.25, 0.3) is 10.1 Å². The van der Waals surface area contributed by atoms with E-state index in [0.29, 0.717) is 6.54 Å². The van der Waals surface area contributed by atoms with E-state index in [2.05, 4.69) is 29.1 Å². The zero-order valence-electron chi connectivity index (χ0n) is 11.5. The number of nitrogens with one attached hydrogen (secondary N) is 2. The lowest BCUT2D eigenvalue weighted by Crippen LogP contribution is -2.22. The van der Waals surface area contributed by atoms with E-state index in [-0.39, 0.29) is 5.91 Å². The van der Waals surface area contributed by atoms with Crippen LogP contribution in [0.2, 0.25) is 0 Å². The molecule has 3 rings (SSSR count). The molecule has 4 nitrogen and oxygen atoms in total. The van der Waals surface area contributed by atoms with Crippen molar-refractivity contribution in [3.8, 4) is 0 Å². The average molecular weight is 305 g/mol. The molecule has 3 aromatic heterocycles. The van der Waals surface area contributed by atoms with Gasteiger partial charge < -0.3 is 10.3 Å². The molecule has 0 aromatic carbocycles. The Hall–Kier alpha value is -1.66. The van der Waals surface area contributed by atoms with Crippen LogP contribution in [0.5, 0.6) is 0 Å². The first kappa shape index (κ1) is 13.3. The summed E-state index contributed by atoms with van der Waals surface area (Å²) in [4.78, 5) is 22.8. The normalized spacial score (nSPS) is 11.2. The van der Waals surface area contributed by atoms with Crippen molar-refractivity contribution < 1.29 is 4.79 Å². The fourth-order valence-corrected chi connectivity index (χ4v) is 4.44. The number of carbonyl (C=O) groups excluding carboxylic acids is 1. The molecule has 3 heterocycles. The molecule has 3 aromatic rings. The highest BCUT2D eigenvalue weighted by atomic mass is 32.1. The largest absolute Gasteiger partial charge is 0.345 e. The third-order valence-corrected chi connectivity index (χ3v) is 5.55. The summed E-state index contributed by atoms with van der Waals surface area (Å²) < 4.78 is 1.23. The van der Waals surface area contributed by atoms with Gasteiger partial charge in [-0.2, -0.15) is 0 Å². The van der Waals surface area contributed by atoms with Gasteiger partial charge in [0, 0.05) is 31.7 Å². The van der Waals surface area contributed by atoms with Crippen molar-refractivity contribution in [3.05, 3.63) is 38.4 Å². The van der Waals surface area contributed by atoms with Gasteiger partial charge in [-0.3, -0.25) is 4.79 Å². The highest BCUT2D eigenvalue weighted by Gasteiger charge is 2.14. The summed E-state index contributed by atoms with van der Waals surface area (Å²) in [5, 5.41) is 4.10. The first-order valence-corrected chi connectivity index (χ1v) is 7.96. The molecule has 0 aliphatic carbocycles. The van der Waals surface area contributed by atoms with Crippen molar-refractivity contribution in [2.75, 3.05) is 0 Å². The van der Waals surface area contributed by atoms with Gasteiger partial charge in [0.05, 0.1) is 11.4 Å². The summed E-state index contributed by atoms with van der Waals surface area (Å²) in [6, 6.07) is 1.99. The monoisotopic (exact) mass is 305 g/mol. The zero-order valence-corrected chi connectivity index (χ0v) is 13.2. The Morgan fingerprint density at radius 2 is 2.10 bits per heavy atom. The SMILES string of the molecule is Cc1cnc(CNC(=O)c2cc3c(C)sc(C)c3s2)[nH]1. The summed E-state index contributed by atoms with van der Waals surface area (Å²) in [5.74, 6) is 0.741. The van der Waals surface area contributed by atoms with Crippen LogP contribution in [0, 0.1) is 20.8 Å². The Morgan fingerprint density at radius 1 is 1.30 bits per heavy atom. The van der Waals surface area contributed by atoms with E-state index in [1.807, 2.05) is 13.0 Å². The van der Waals surface area contributed by atoms with E-state index in [0.717, 1.165) is 16.4 Å². The third kappa shape index (κ3) is 2.36. The van der Waals surface area contributed by atoms with Crippen molar-refractivity contribution in [2.24, 2.45) is 0 Å². The van der Waals surface area contributed by atoms with Gasteiger partial charge >= 0.3 is 0 Å². The summed E-state index contributed by atoms with van der Waals surface area (Å²) in [5.41, 5.74) is 0.997. The Labute approximate surface area is 124 Å². The van der Waals surface area contributed by atoms with Crippen molar-refractivity contribution in [2.45, 2.75) is 27.3 Å². The fourth-order valence-electron chi connectivity index (χ4n) is 2.16. The molecule has 0 fully saturated rings. The van der Waals surface area contributed by atoms with Gasteiger partial charge in [-0.25, -0.2) is 4.98 Å². The molecule has 0 atom stereocenters. The minimum Gasteiger partial charge on any atom is -0.345 e. The van der Waals surface area contributed by atoms with Crippen LogP contribution in [0.3, 0.4) is 0 Å². The number of aromatic amines is 1. The summed E-state index contributed by atoms with van der Waals surface area (Å²) in [6.07, 6.45) is 1.76. The average Bonchev–Trinajstić information content (AvgIpc) is 3.06. The van der Waals surface area contributed by atoms with Gasteiger partial charge in [-0.05, 0) is 26.8 Å². The number of H-pyrrole nitrogens is 1. The van der Waals surface area contributed by atoms with Crippen molar-refractivity contribution in [1.82, 2.24) is 15.3 Å². The lowest BCUT2D eigenvalue weighted by atomic mass is 10.3. The van der Waals surface area contributed by atoms with E-state index >= 15 is 0 Å². The molecule has 0 unspecified atom stereocenters. The zero-order chi connectivity index (χ0) is 14.3. The summed E-state index contributed by atoms with van der Waals surface area (Å²) >= 11 is 3.35. The molecule has 0 bridgehead atoms. The van der Waals surface area contributed by atoms with Gasteiger partial charge in [-0.1, -0.05) is 0 Å². The number of imidazole rings is 1. The molecular formula is C14H15N3OS2. The number of nitrogens with zero attached hydrogens (tertiary/aromatic N) is 1. The first-order valence-electron chi connectivity index (χ1n) is 6.33. The molecule has 0 aliphatic heterocycles. The van der Waals surface area contributed by atoms with Gasteiger partial charge in [-0.15, -0.1) is 22.7 Å². The third-order valence-electron chi connectivity index (χ3n) is 3.13.